The monoisotopic (exact) mass is 418 g/mol. The Morgan fingerprint density at radius 1 is 0.719 bits per heavy atom. The first-order valence-corrected chi connectivity index (χ1v) is 10.6. The Labute approximate surface area is 186 Å². The number of rotatable bonds is 7. The van der Waals surface area contributed by atoms with Gasteiger partial charge < -0.3 is 5.32 Å². The average Bonchev–Trinajstić information content (AvgIpc) is 2.88. The Balaban J connectivity index is 1.52. The summed E-state index contributed by atoms with van der Waals surface area (Å²) in [6.45, 7) is 0.804. The molecule has 0 spiro atoms. The fourth-order valence-corrected chi connectivity index (χ4v) is 3.65. The summed E-state index contributed by atoms with van der Waals surface area (Å²) in [5, 5.41) is 4.46. The molecule has 1 aromatic carbocycles. The van der Waals surface area contributed by atoms with Gasteiger partial charge in [0.1, 0.15) is 17.0 Å². The van der Waals surface area contributed by atoms with Crippen molar-refractivity contribution < 1.29 is 0 Å². The van der Waals surface area contributed by atoms with Crippen LogP contribution in [0.2, 0.25) is 0 Å². The lowest BCUT2D eigenvalue weighted by Crippen LogP contribution is -2.07. The van der Waals surface area contributed by atoms with Gasteiger partial charge in [-0.2, -0.15) is 0 Å². The van der Waals surface area contributed by atoms with Crippen LogP contribution in [0.4, 0.5) is 5.82 Å². The number of pyridine rings is 3. The number of benzene rings is 1. The van der Waals surface area contributed by atoms with Gasteiger partial charge in [-0.1, -0.05) is 36.4 Å². The lowest BCUT2D eigenvalue weighted by molar-refractivity contribution is 0.860. The first-order valence-electron chi connectivity index (χ1n) is 10.6. The smallest absolute Gasteiger partial charge is 0.162 e. The van der Waals surface area contributed by atoms with Gasteiger partial charge >= 0.3 is 0 Å². The Kier molecular flexibility index (Phi) is 5.74. The maximum atomic E-state index is 4.88. The van der Waals surface area contributed by atoms with Crippen LogP contribution >= 0.6 is 0 Å². The SMILES string of the molecule is c1ccc(CCCNc2nc(-c3ccncc3)nc3c(-c4ccccn4)nccc23)cc1. The molecule has 6 heteroatoms. The van der Waals surface area contributed by atoms with Crippen molar-refractivity contribution in [2.45, 2.75) is 12.8 Å². The highest BCUT2D eigenvalue weighted by atomic mass is 15.0. The van der Waals surface area contributed by atoms with Crippen molar-refractivity contribution in [3.63, 3.8) is 0 Å². The maximum absolute atomic E-state index is 4.88. The fraction of sp³-hybridized carbons (Fsp3) is 0.115. The first-order chi connectivity index (χ1) is 15.9. The predicted octanol–water partition coefficient (Wildman–Crippen LogP) is 5.19. The third-order valence-corrected chi connectivity index (χ3v) is 5.24. The second kappa shape index (κ2) is 9.31. The van der Waals surface area contributed by atoms with E-state index >= 15 is 0 Å². The zero-order valence-corrected chi connectivity index (χ0v) is 17.5. The van der Waals surface area contributed by atoms with E-state index in [2.05, 4.69) is 44.5 Å². The summed E-state index contributed by atoms with van der Waals surface area (Å²) < 4.78 is 0. The molecule has 0 saturated carbocycles. The van der Waals surface area contributed by atoms with Crippen LogP contribution in [0.3, 0.4) is 0 Å². The Hall–Kier alpha value is -4.19. The average molecular weight is 419 g/mol. The highest BCUT2D eigenvalue weighted by molar-refractivity contribution is 5.97. The van der Waals surface area contributed by atoms with Gasteiger partial charge in [0, 0.05) is 42.3 Å². The van der Waals surface area contributed by atoms with Crippen molar-refractivity contribution in [1.82, 2.24) is 24.9 Å². The molecule has 0 aliphatic rings. The molecule has 0 amide bonds. The van der Waals surface area contributed by atoms with Crippen LogP contribution in [0.15, 0.2) is 91.5 Å². The third kappa shape index (κ3) is 4.30. The topological polar surface area (TPSA) is 76.5 Å². The standard InChI is InChI=1S/C26H22N6/c1-2-7-19(8-3-1)9-6-15-30-26-21-13-18-29-24(22-10-4-5-14-28-22)23(21)31-25(32-26)20-11-16-27-17-12-20/h1-5,7-8,10-14,16-18H,6,9,15H2,(H,30,31,32). The molecule has 0 bridgehead atoms. The van der Waals surface area contributed by atoms with E-state index in [0.717, 1.165) is 53.1 Å². The molecule has 0 aliphatic heterocycles. The second-order valence-electron chi connectivity index (χ2n) is 7.42. The van der Waals surface area contributed by atoms with Crippen molar-refractivity contribution >= 4 is 16.7 Å². The molecule has 0 fully saturated rings. The summed E-state index contributed by atoms with van der Waals surface area (Å²) in [7, 11) is 0. The van der Waals surface area contributed by atoms with E-state index in [-0.39, 0.29) is 0 Å². The molecule has 0 saturated heterocycles. The molecule has 0 unspecified atom stereocenters. The number of aryl methyl sites for hydroxylation is 1. The summed E-state index contributed by atoms with van der Waals surface area (Å²) in [5.41, 5.74) is 4.55. The summed E-state index contributed by atoms with van der Waals surface area (Å²) in [6.07, 6.45) is 9.06. The van der Waals surface area contributed by atoms with Crippen molar-refractivity contribution in [3.8, 4) is 22.8 Å². The zero-order chi connectivity index (χ0) is 21.6. The Morgan fingerprint density at radius 2 is 1.56 bits per heavy atom. The number of aromatic nitrogens is 5. The van der Waals surface area contributed by atoms with Gasteiger partial charge in [0.2, 0.25) is 0 Å². The highest BCUT2D eigenvalue weighted by Crippen LogP contribution is 2.30. The maximum Gasteiger partial charge on any atom is 0.162 e. The Bertz CT molecular complexity index is 1310. The molecule has 4 aromatic heterocycles. The predicted molar refractivity (Wildman–Crippen MR) is 127 cm³/mol. The molecule has 5 aromatic rings. The van der Waals surface area contributed by atoms with Gasteiger partial charge in [-0.3, -0.25) is 15.0 Å². The van der Waals surface area contributed by atoms with E-state index in [1.807, 2.05) is 42.5 Å². The number of hydrogen-bond acceptors (Lipinski definition) is 6. The van der Waals surface area contributed by atoms with Crippen LogP contribution in [-0.2, 0) is 6.42 Å². The molecule has 0 radical (unpaired) electrons. The minimum atomic E-state index is 0.635. The molecule has 156 valence electrons. The fourth-order valence-electron chi connectivity index (χ4n) is 3.65. The van der Waals surface area contributed by atoms with Gasteiger partial charge in [-0.25, -0.2) is 9.97 Å². The van der Waals surface area contributed by atoms with Crippen LogP contribution in [0.25, 0.3) is 33.7 Å². The van der Waals surface area contributed by atoms with Gasteiger partial charge in [0.25, 0.3) is 0 Å². The molecule has 0 atom stereocenters. The lowest BCUT2D eigenvalue weighted by Gasteiger charge is -2.13. The van der Waals surface area contributed by atoms with Crippen LogP contribution in [0.5, 0.6) is 0 Å². The highest BCUT2D eigenvalue weighted by Gasteiger charge is 2.15. The molecule has 4 heterocycles. The number of anilines is 1. The first kappa shape index (κ1) is 19.8. The molecule has 1 N–H and O–H groups in total. The van der Waals surface area contributed by atoms with Crippen LogP contribution in [-0.4, -0.2) is 31.5 Å². The summed E-state index contributed by atoms with van der Waals surface area (Å²) in [4.78, 5) is 22.9. The molecular formula is C26H22N6. The second-order valence-corrected chi connectivity index (χ2v) is 7.42. The zero-order valence-electron chi connectivity index (χ0n) is 17.5. The molecule has 6 nitrogen and oxygen atoms in total. The molecule has 0 aliphatic carbocycles. The summed E-state index contributed by atoms with van der Waals surface area (Å²) >= 11 is 0. The van der Waals surface area contributed by atoms with Crippen LogP contribution in [0.1, 0.15) is 12.0 Å². The minimum absolute atomic E-state index is 0.635. The van der Waals surface area contributed by atoms with E-state index in [1.165, 1.54) is 5.56 Å². The van der Waals surface area contributed by atoms with Crippen LogP contribution in [0, 0.1) is 0 Å². The van der Waals surface area contributed by atoms with Gasteiger partial charge in [-0.05, 0) is 48.7 Å². The number of fused-ring (bicyclic) bond motifs is 1. The number of hydrogen-bond donors (Lipinski definition) is 1. The van der Waals surface area contributed by atoms with E-state index < -0.39 is 0 Å². The molecule has 5 rings (SSSR count). The summed E-state index contributed by atoms with van der Waals surface area (Å²) in [5.74, 6) is 1.44. The van der Waals surface area contributed by atoms with Gasteiger partial charge in [0.05, 0.1) is 5.69 Å². The molecular weight excluding hydrogens is 396 g/mol. The summed E-state index contributed by atoms with van der Waals surface area (Å²) in [6, 6.07) is 22.1. The van der Waals surface area contributed by atoms with Crippen molar-refractivity contribution in [2.75, 3.05) is 11.9 Å². The number of nitrogens with one attached hydrogen (secondary N) is 1. The van der Waals surface area contributed by atoms with E-state index in [9.17, 15) is 0 Å². The van der Waals surface area contributed by atoms with E-state index in [4.69, 9.17) is 9.97 Å². The molecule has 32 heavy (non-hydrogen) atoms. The van der Waals surface area contributed by atoms with E-state index in [0.29, 0.717) is 5.82 Å². The van der Waals surface area contributed by atoms with E-state index in [1.54, 1.807) is 24.8 Å². The van der Waals surface area contributed by atoms with Crippen molar-refractivity contribution in [3.05, 3.63) is 97.1 Å². The van der Waals surface area contributed by atoms with Gasteiger partial charge in [-0.15, -0.1) is 0 Å². The normalized spacial score (nSPS) is 10.9. The minimum Gasteiger partial charge on any atom is -0.369 e. The van der Waals surface area contributed by atoms with Gasteiger partial charge in [0.15, 0.2) is 5.82 Å². The third-order valence-electron chi connectivity index (χ3n) is 5.24. The quantitative estimate of drug-likeness (QED) is 0.366. The number of nitrogens with zero attached hydrogens (tertiary/aromatic N) is 5. The lowest BCUT2D eigenvalue weighted by atomic mass is 10.1. The van der Waals surface area contributed by atoms with Crippen molar-refractivity contribution in [1.29, 1.82) is 0 Å². The Morgan fingerprint density at radius 3 is 2.38 bits per heavy atom. The van der Waals surface area contributed by atoms with Crippen molar-refractivity contribution in [2.24, 2.45) is 0 Å². The van der Waals surface area contributed by atoms with Crippen LogP contribution < -0.4 is 5.32 Å². The largest absolute Gasteiger partial charge is 0.369 e.